The van der Waals surface area contributed by atoms with Crippen molar-refractivity contribution in [3.8, 4) is 17.2 Å². The lowest BCUT2D eigenvalue weighted by Gasteiger charge is -2.22. The number of fused-ring (bicyclic) bond motifs is 1. The molecule has 1 aromatic heterocycles. The van der Waals surface area contributed by atoms with Gasteiger partial charge in [-0.15, -0.1) is 0 Å². The van der Waals surface area contributed by atoms with Crippen molar-refractivity contribution in [3.63, 3.8) is 0 Å². The first-order valence-electron chi connectivity index (χ1n) is 12.5. The molecule has 0 bridgehead atoms. The number of aromatic nitrogens is 1. The number of aliphatic hydroxyl groups is 1. The molecule has 4 N–H and O–H groups in total. The molecule has 1 heterocycles. The van der Waals surface area contributed by atoms with Crippen LogP contribution in [0.1, 0.15) is 31.1 Å². The van der Waals surface area contributed by atoms with E-state index in [0.29, 0.717) is 52.0 Å². The van der Waals surface area contributed by atoms with E-state index in [1.807, 2.05) is 20.8 Å². The van der Waals surface area contributed by atoms with Gasteiger partial charge in [-0.2, -0.15) is 0 Å². The Labute approximate surface area is 227 Å². The first-order chi connectivity index (χ1) is 18.3. The highest BCUT2D eigenvalue weighted by molar-refractivity contribution is 6.33. The molecule has 1 unspecified atom stereocenters. The molecule has 0 fully saturated rings. The Hall–Kier alpha value is -3.60. The standard InChI is InChI=1S/C27H34ClN5O5/c1-5-30-27(36)32-22-9-8-18(12-21(22)28)38-24-10-11-31-23-14-25(20(13-19(23)24)26(35)29-4)37-16-17(34)15-33(6-2)7-3/h8-14,17,34H,5-7,15-16H2,1-4H3,(H,29,35)(H2,30,32,36). The number of aliphatic hydroxyl groups excluding tert-OH is 1. The van der Waals surface area contributed by atoms with E-state index in [2.05, 4.69) is 25.8 Å². The summed E-state index contributed by atoms with van der Waals surface area (Å²) < 4.78 is 12.0. The third-order valence-corrected chi connectivity index (χ3v) is 6.14. The van der Waals surface area contributed by atoms with E-state index < -0.39 is 6.10 Å². The van der Waals surface area contributed by atoms with Crippen molar-refractivity contribution in [2.75, 3.05) is 45.2 Å². The van der Waals surface area contributed by atoms with Crippen molar-refractivity contribution in [2.45, 2.75) is 26.9 Å². The zero-order valence-corrected chi connectivity index (χ0v) is 22.8. The summed E-state index contributed by atoms with van der Waals surface area (Å²) in [7, 11) is 1.53. The second-order valence-electron chi connectivity index (χ2n) is 8.43. The minimum absolute atomic E-state index is 0.0252. The van der Waals surface area contributed by atoms with Gasteiger partial charge in [-0.05, 0) is 44.3 Å². The maximum atomic E-state index is 12.7. The van der Waals surface area contributed by atoms with Gasteiger partial charge in [0.15, 0.2) is 0 Å². The molecule has 3 rings (SSSR count). The highest BCUT2D eigenvalue weighted by atomic mass is 35.5. The number of benzene rings is 2. The molecule has 3 aromatic rings. The second-order valence-corrected chi connectivity index (χ2v) is 8.84. The monoisotopic (exact) mass is 543 g/mol. The van der Waals surface area contributed by atoms with Gasteiger partial charge in [0.1, 0.15) is 30.0 Å². The summed E-state index contributed by atoms with van der Waals surface area (Å²) in [4.78, 5) is 31.0. The fourth-order valence-electron chi connectivity index (χ4n) is 3.80. The molecule has 38 heavy (non-hydrogen) atoms. The molecular weight excluding hydrogens is 510 g/mol. The number of hydrogen-bond acceptors (Lipinski definition) is 7. The van der Waals surface area contributed by atoms with E-state index in [4.69, 9.17) is 21.1 Å². The SMILES string of the molecule is CCNC(=O)Nc1ccc(Oc2ccnc3cc(OCC(O)CN(CC)CC)c(C(=O)NC)cc23)cc1Cl. The van der Waals surface area contributed by atoms with E-state index in [-0.39, 0.29) is 24.1 Å². The third-order valence-electron chi connectivity index (χ3n) is 5.82. The second kappa shape index (κ2) is 13.8. The van der Waals surface area contributed by atoms with Crippen molar-refractivity contribution < 1.29 is 24.2 Å². The van der Waals surface area contributed by atoms with Crippen LogP contribution in [0.4, 0.5) is 10.5 Å². The van der Waals surface area contributed by atoms with Gasteiger partial charge in [0.05, 0.1) is 21.8 Å². The highest BCUT2D eigenvalue weighted by Gasteiger charge is 2.18. The predicted molar refractivity (Wildman–Crippen MR) is 149 cm³/mol. The number of carbonyl (C=O) groups is 2. The molecule has 0 saturated carbocycles. The number of nitrogens with one attached hydrogen (secondary N) is 3. The molecule has 0 saturated heterocycles. The van der Waals surface area contributed by atoms with Gasteiger partial charge in [-0.1, -0.05) is 25.4 Å². The minimum atomic E-state index is -0.721. The molecule has 0 aliphatic rings. The van der Waals surface area contributed by atoms with Crippen molar-refractivity contribution in [1.82, 2.24) is 20.5 Å². The number of rotatable bonds is 12. The summed E-state index contributed by atoms with van der Waals surface area (Å²) in [6, 6.07) is 9.53. The lowest BCUT2D eigenvalue weighted by Crippen LogP contribution is -2.35. The number of hydrogen-bond donors (Lipinski definition) is 4. The zero-order valence-electron chi connectivity index (χ0n) is 22.0. The number of ether oxygens (including phenoxy) is 2. The summed E-state index contributed by atoms with van der Waals surface area (Å²) >= 11 is 6.35. The first-order valence-corrected chi connectivity index (χ1v) is 12.9. The number of anilines is 1. The molecule has 204 valence electrons. The van der Waals surface area contributed by atoms with Crippen LogP contribution >= 0.6 is 11.6 Å². The summed E-state index contributed by atoms with van der Waals surface area (Å²) in [5.74, 6) is 0.849. The smallest absolute Gasteiger partial charge is 0.319 e. The summed E-state index contributed by atoms with van der Waals surface area (Å²) in [5, 5.41) is 19.3. The number of carbonyl (C=O) groups excluding carboxylic acids is 2. The van der Waals surface area contributed by atoms with Crippen LogP contribution in [0, 0.1) is 0 Å². The number of urea groups is 1. The van der Waals surface area contributed by atoms with Crippen LogP contribution in [-0.4, -0.2) is 72.9 Å². The third kappa shape index (κ3) is 7.47. The van der Waals surface area contributed by atoms with Crippen molar-refractivity contribution in [1.29, 1.82) is 0 Å². The van der Waals surface area contributed by atoms with Crippen molar-refractivity contribution >= 4 is 40.1 Å². The summed E-state index contributed by atoms with van der Waals surface area (Å²) in [6.45, 7) is 8.49. The molecule has 1 atom stereocenters. The molecule has 0 spiro atoms. The Morgan fingerprint density at radius 2 is 1.87 bits per heavy atom. The zero-order chi connectivity index (χ0) is 27.7. The average Bonchev–Trinajstić information content (AvgIpc) is 2.91. The Morgan fingerprint density at radius 1 is 1.11 bits per heavy atom. The average molecular weight is 544 g/mol. The van der Waals surface area contributed by atoms with Gasteiger partial charge in [0.25, 0.3) is 5.91 Å². The van der Waals surface area contributed by atoms with Crippen LogP contribution in [0.15, 0.2) is 42.6 Å². The van der Waals surface area contributed by atoms with Gasteiger partial charge in [0, 0.05) is 43.9 Å². The molecule has 3 amide bonds. The largest absolute Gasteiger partial charge is 0.490 e. The number of nitrogens with zero attached hydrogens (tertiary/aromatic N) is 2. The quantitative estimate of drug-likeness (QED) is 0.269. The maximum absolute atomic E-state index is 12.7. The minimum Gasteiger partial charge on any atom is -0.490 e. The van der Waals surface area contributed by atoms with E-state index in [1.54, 1.807) is 42.6 Å². The Morgan fingerprint density at radius 3 is 2.53 bits per heavy atom. The van der Waals surface area contributed by atoms with Gasteiger partial charge < -0.3 is 35.4 Å². The Bertz CT molecular complexity index is 1270. The molecule has 0 radical (unpaired) electrons. The highest BCUT2D eigenvalue weighted by Crippen LogP contribution is 2.35. The Balaban J connectivity index is 1.87. The molecule has 0 aliphatic heterocycles. The maximum Gasteiger partial charge on any atom is 0.319 e. The van der Waals surface area contributed by atoms with Crippen LogP contribution in [0.2, 0.25) is 5.02 Å². The fourth-order valence-corrected chi connectivity index (χ4v) is 4.02. The molecule has 2 aromatic carbocycles. The van der Waals surface area contributed by atoms with E-state index in [0.717, 1.165) is 13.1 Å². The van der Waals surface area contributed by atoms with Crippen LogP contribution in [0.5, 0.6) is 17.2 Å². The predicted octanol–water partition coefficient (Wildman–Crippen LogP) is 4.26. The van der Waals surface area contributed by atoms with Crippen LogP contribution in [0.3, 0.4) is 0 Å². The number of likely N-dealkylation sites (N-methyl/N-ethyl adjacent to an activating group) is 1. The Kier molecular flexibility index (Phi) is 10.5. The lowest BCUT2D eigenvalue weighted by molar-refractivity contribution is 0.0706. The van der Waals surface area contributed by atoms with Gasteiger partial charge in [0.2, 0.25) is 0 Å². The fraction of sp³-hybridized carbons (Fsp3) is 0.370. The van der Waals surface area contributed by atoms with Crippen LogP contribution in [-0.2, 0) is 0 Å². The van der Waals surface area contributed by atoms with Gasteiger partial charge in [-0.25, -0.2) is 4.79 Å². The molecular formula is C27H34ClN5O5. The van der Waals surface area contributed by atoms with Crippen LogP contribution < -0.4 is 25.4 Å². The molecule has 0 aliphatic carbocycles. The van der Waals surface area contributed by atoms with Gasteiger partial charge in [-0.3, -0.25) is 9.78 Å². The molecule has 10 nitrogen and oxygen atoms in total. The number of pyridine rings is 1. The first kappa shape index (κ1) is 29.0. The topological polar surface area (TPSA) is 125 Å². The lowest BCUT2D eigenvalue weighted by atomic mass is 10.1. The number of halogens is 1. The van der Waals surface area contributed by atoms with E-state index in [1.165, 1.54) is 7.05 Å². The van der Waals surface area contributed by atoms with Crippen LogP contribution in [0.25, 0.3) is 10.9 Å². The summed E-state index contributed by atoms with van der Waals surface area (Å²) in [6.07, 6.45) is 0.865. The van der Waals surface area contributed by atoms with Crippen molar-refractivity contribution in [3.05, 3.63) is 53.2 Å². The van der Waals surface area contributed by atoms with E-state index in [9.17, 15) is 14.7 Å². The summed E-state index contributed by atoms with van der Waals surface area (Å²) in [5.41, 5.74) is 1.27. The van der Waals surface area contributed by atoms with Crippen molar-refractivity contribution in [2.24, 2.45) is 0 Å². The normalized spacial score (nSPS) is 11.8. The molecule has 11 heteroatoms. The number of amides is 3. The van der Waals surface area contributed by atoms with Gasteiger partial charge >= 0.3 is 6.03 Å². The van der Waals surface area contributed by atoms with E-state index >= 15 is 0 Å².